The van der Waals surface area contributed by atoms with Crippen molar-refractivity contribution in [3.8, 4) is 5.88 Å². The molecule has 0 fully saturated rings. The van der Waals surface area contributed by atoms with Crippen LogP contribution in [0.4, 0.5) is 4.79 Å². The van der Waals surface area contributed by atoms with Gasteiger partial charge in [0.25, 0.3) is 0 Å². The van der Waals surface area contributed by atoms with Gasteiger partial charge in [0.2, 0.25) is 5.88 Å². The smallest absolute Gasteiger partial charge is 0.417 e. The predicted octanol–water partition coefficient (Wildman–Crippen LogP) is 3.65. The number of furan rings is 1. The first-order valence-electron chi connectivity index (χ1n) is 7.10. The van der Waals surface area contributed by atoms with Gasteiger partial charge in [-0.3, -0.25) is 4.90 Å². The lowest BCUT2D eigenvalue weighted by atomic mass is 10.1. The zero-order valence-corrected chi connectivity index (χ0v) is 12.1. The molecule has 4 rings (SSSR count). The Morgan fingerprint density at radius 1 is 1.23 bits per heavy atom. The number of nitrogens with zero attached hydrogens (tertiary/aromatic N) is 2. The third kappa shape index (κ3) is 2.20. The molecule has 0 spiro atoms. The van der Waals surface area contributed by atoms with Crippen molar-refractivity contribution in [2.24, 2.45) is 0 Å². The highest BCUT2D eigenvalue weighted by Crippen LogP contribution is 2.28. The highest BCUT2D eigenvalue weighted by atomic mass is 16.6. The summed E-state index contributed by atoms with van der Waals surface area (Å²) in [5, 5.41) is 1.04. The van der Waals surface area contributed by atoms with Gasteiger partial charge < -0.3 is 9.15 Å². The fraction of sp³-hybridized carbons (Fsp3) is 0.176. The van der Waals surface area contributed by atoms with Crippen LogP contribution in [-0.2, 0) is 13.1 Å². The minimum absolute atomic E-state index is 0.388. The molecular formula is C17H14N2O3. The molecule has 0 bridgehead atoms. The second-order valence-corrected chi connectivity index (χ2v) is 5.38. The molecule has 1 amide bonds. The number of carbonyl (C=O) groups is 1. The van der Waals surface area contributed by atoms with Gasteiger partial charge in [-0.15, -0.1) is 0 Å². The molecule has 0 N–H and O–H groups in total. The third-order valence-corrected chi connectivity index (χ3v) is 3.71. The number of benzene rings is 1. The average Bonchev–Trinajstić information content (AvgIpc) is 2.91. The number of aryl methyl sites for hydroxylation is 1. The third-order valence-electron chi connectivity index (χ3n) is 3.71. The minimum Gasteiger partial charge on any atom is -0.464 e. The van der Waals surface area contributed by atoms with Crippen molar-refractivity contribution in [3.05, 3.63) is 59.5 Å². The number of amides is 1. The van der Waals surface area contributed by atoms with E-state index in [0.29, 0.717) is 19.0 Å². The van der Waals surface area contributed by atoms with E-state index >= 15 is 0 Å². The van der Waals surface area contributed by atoms with Crippen molar-refractivity contribution in [2.75, 3.05) is 0 Å². The van der Waals surface area contributed by atoms with Gasteiger partial charge in [-0.2, -0.15) is 0 Å². The number of carbonyl (C=O) groups excluding carboxylic acids is 1. The number of fused-ring (bicyclic) bond motifs is 2. The molecule has 3 aromatic rings. The normalized spacial score (nSPS) is 14.0. The number of ether oxygens (including phenoxy) is 1. The summed E-state index contributed by atoms with van der Waals surface area (Å²) in [6.07, 6.45) is -0.399. The summed E-state index contributed by atoms with van der Waals surface area (Å²) >= 11 is 0. The number of para-hydroxylation sites is 1. The first-order valence-corrected chi connectivity index (χ1v) is 7.10. The number of hydrogen-bond acceptors (Lipinski definition) is 4. The Morgan fingerprint density at radius 3 is 2.91 bits per heavy atom. The summed E-state index contributed by atoms with van der Waals surface area (Å²) < 4.78 is 10.9. The standard InChI is InChI=1S/C17H14N2O3/c1-11-6-7-14(21-11)10-19-9-13-8-12-4-2-3-5-15(12)18-16(13)22-17(19)20/h2-8H,9-10H2,1H3. The van der Waals surface area contributed by atoms with Crippen LogP contribution in [-0.4, -0.2) is 16.0 Å². The monoisotopic (exact) mass is 294 g/mol. The van der Waals surface area contributed by atoms with Crippen LogP contribution in [0, 0.1) is 6.92 Å². The Labute approximate surface area is 127 Å². The average molecular weight is 294 g/mol. The van der Waals surface area contributed by atoms with Crippen LogP contribution in [0.3, 0.4) is 0 Å². The van der Waals surface area contributed by atoms with E-state index in [0.717, 1.165) is 28.0 Å². The number of hydrogen-bond donors (Lipinski definition) is 0. The maximum atomic E-state index is 12.1. The molecule has 0 aliphatic carbocycles. The second kappa shape index (κ2) is 4.87. The van der Waals surface area contributed by atoms with Crippen molar-refractivity contribution in [1.82, 2.24) is 9.88 Å². The fourth-order valence-corrected chi connectivity index (χ4v) is 2.64. The van der Waals surface area contributed by atoms with Gasteiger partial charge in [0.05, 0.1) is 18.6 Å². The molecule has 22 heavy (non-hydrogen) atoms. The first kappa shape index (κ1) is 12.9. The van der Waals surface area contributed by atoms with E-state index in [2.05, 4.69) is 4.98 Å². The van der Waals surface area contributed by atoms with Crippen LogP contribution in [0.5, 0.6) is 5.88 Å². The maximum absolute atomic E-state index is 12.1. The topological polar surface area (TPSA) is 55.6 Å². The Kier molecular flexibility index (Phi) is 2.85. The minimum atomic E-state index is -0.399. The van der Waals surface area contributed by atoms with Crippen LogP contribution < -0.4 is 4.74 Å². The van der Waals surface area contributed by atoms with Gasteiger partial charge in [0.15, 0.2) is 0 Å². The van der Waals surface area contributed by atoms with E-state index in [1.54, 1.807) is 4.90 Å². The van der Waals surface area contributed by atoms with Crippen LogP contribution in [0.25, 0.3) is 10.9 Å². The molecule has 5 nitrogen and oxygen atoms in total. The van der Waals surface area contributed by atoms with E-state index in [1.165, 1.54) is 0 Å². The van der Waals surface area contributed by atoms with Gasteiger partial charge in [-0.1, -0.05) is 18.2 Å². The maximum Gasteiger partial charge on any atom is 0.417 e. The van der Waals surface area contributed by atoms with Crippen molar-refractivity contribution in [2.45, 2.75) is 20.0 Å². The fourth-order valence-electron chi connectivity index (χ4n) is 2.64. The first-order chi connectivity index (χ1) is 10.7. The highest BCUT2D eigenvalue weighted by Gasteiger charge is 2.27. The Bertz CT molecular complexity index is 869. The highest BCUT2D eigenvalue weighted by molar-refractivity contribution is 5.82. The molecule has 1 aliphatic rings. The summed E-state index contributed by atoms with van der Waals surface area (Å²) in [4.78, 5) is 18.2. The zero-order chi connectivity index (χ0) is 15.1. The van der Waals surface area contributed by atoms with Gasteiger partial charge in [-0.05, 0) is 31.2 Å². The summed E-state index contributed by atoms with van der Waals surface area (Å²) in [6, 6.07) is 13.6. The molecule has 1 aromatic carbocycles. The molecule has 0 unspecified atom stereocenters. The molecule has 1 aliphatic heterocycles. The van der Waals surface area contributed by atoms with E-state index in [-0.39, 0.29) is 0 Å². The quantitative estimate of drug-likeness (QED) is 0.724. The van der Waals surface area contributed by atoms with Crippen LogP contribution in [0.1, 0.15) is 17.1 Å². The molecule has 2 aromatic heterocycles. The number of rotatable bonds is 2. The summed E-state index contributed by atoms with van der Waals surface area (Å²) in [5.41, 5.74) is 1.73. The lowest BCUT2D eigenvalue weighted by Gasteiger charge is -2.26. The van der Waals surface area contributed by atoms with E-state index < -0.39 is 6.09 Å². The molecule has 0 saturated carbocycles. The van der Waals surface area contributed by atoms with Gasteiger partial charge in [0.1, 0.15) is 11.5 Å². The van der Waals surface area contributed by atoms with Gasteiger partial charge in [-0.25, -0.2) is 9.78 Å². The van der Waals surface area contributed by atoms with Crippen LogP contribution in [0.2, 0.25) is 0 Å². The van der Waals surface area contributed by atoms with Crippen molar-refractivity contribution in [3.63, 3.8) is 0 Å². The van der Waals surface area contributed by atoms with Crippen molar-refractivity contribution < 1.29 is 13.9 Å². The Balaban J connectivity index is 1.66. The number of pyridine rings is 1. The lowest BCUT2D eigenvalue weighted by Crippen LogP contribution is -2.36. The molecule has 0 saturated heterocycles. The molecular weight excluding hydrogens is 280 g/mol. The zero-order valence-electron chi connectivity index (χ0n) is 12.1. The van der Waals surface area contributed by atoms with Crippen molar-refractivity contribution in [1.29, 1.82) is 0 Å². The Morgan fingerprint density at radius 2 is 2.09 bits per heavy atom. The predicted molar refractivity (Wildman–Crippen MR) is 80.5 cm³/mol. The molecule has 0 radical (unpaired) electrons. The SMILES string of the molecule is Cc1ccc(CN2Cc3cc4ccccc4nc3OC2=O)o1. The summed E-state index contributed by atoms with van der Waals surface area (Å²) in [7, 11) is 0. The molecule has 110 valence electrons. The van der Waals surface area contributed by atoms with E-state index in [1.807, 2.05) is 49.4 Å². The van der Waals surface area contributed by atoms with E-state index in [4.69, 9.17) is 9.15 Å². The van der Waals surface area contributed by atoms with Gasteiger partial charge >= 0.3 is 6.09 Å². The van der Waals surface area contributed by atoms with Gasteiger partial charge in [0, 0.05) is 10.9 Å². The summed E-state index contributed by atoms with van der Waals surface area (Å²) in [6.45, 7) is 2.73. The Hall–Kier alpha value is -2.82. The van der Waals surface area contributed by atoms with Crippen molar-refractivity contribution >= 4 is 17.0 Å². The largest absolute Gasteiger partial charge is 0.464 e. The van der Waals surface area contributed by atoms with Crippen LogP contribution >= 0.6 is 0 Å². The second-order valence-electron chi connectivity index (χ2n) is 5.38. The van der Waals surface area contributed by atoms with E-state index in [9.17, 15) is 4.79 Å². The molecule has 0 atom stereocenters. The summed E-state index contributed by atoms with van der Waals surface area (Å²) in [5.74, 6) is 1.97. The van der Waals surface area contributed by atoms with Crippen LogP contribution in [0.15, 0.2) is 46.9 Å². The lowest BCUT2D eigenvalue weighted by molar-refractivity contribution is 0.129. The molecule has 5 heteroatoms. The molecule has 3 heterocycles. The number of aromatic nitrogens is 1.